The minimum Gasteiger partial charge on any atom is -0.397 e. The number of aliphatic hydroxyl groups excluding tert-OH is 2. The van der Waals surface area contributed by atoms with Crippen molar-refractivity contribution in [3.05, 3.63) is 28.8 Å². The Labute approximate surface area is 104 Å². The van der Waals surface area contributed by atoms with Crippen LogP contribution in [-0.2, 0) is 0 Å². The third kappa shape index (κ3) is 3.09. The Kier molecular flexibility index (Phi) is 4.34. The molecule has 1 rings (SSSR count). The maximum absolute atomic E-state index is 11.9. The molecule has 17 heavy (non-hydrogen) atoms. The number of nitrogens with one attached hydrogen (secondary N) is 1. The number of nitrogens with two attached hydrogens (primary N) is 1. The first kappa shape index (κ1) is 13.8. The van der Waals surface area contributed by atoms with Gasteiger partial charge in [-0.15, -0.1) is 0 Å². The lowest BCUT2D eigenvalue weighted by atomic mass is 10.0. The molecule has 0 fully saturated rings. The monoisotopic (exact) mass is 258 g/mol. The smallest absolute Gasteiger partial charge is 0.254 e. The molecule has 0 aliphatic carbocycles. The van der Waals surface area contributed by atoms with E-state index in [-0.39, 0.29) is 29.5 Å². The molecular formula is C11H15ClN2O3. The molecule has 94 valence electrons. The van der Waals surface area contributed by atoms with Crippen molar-refractivity contribution in [2.75, 3.05) is 18.9 Å². The van der Waals surface area contributed by atoms with Crippen LogP contribution >= 0.6 is 11.6 Å². The summed E-state index contributed by atoms with van der Waals surface area (Å²) in [5.41, 5.74) is 4.96. The summed E-state index contributed by atoms with van der Waals surface area (Å²) in [6.07, 6.45) is 0. The highest BCUT2D eigenvalue weighted by atomic mass is 35.5. The van der Waals surface area contributed by atoms with E-state index in [1.807, 2.05) is 0 Å². The van der Waals surface area contributed by atoms with Crippen molar-refractivity contribution in [1.82, 2.24) is 5.32 Å². The van der Waals surface area contributed by atoms with Crippen LogP contribution < -0.4 is 11.1 Å². The van der Waals surface area contributed by atoms with Crippen LogP contribution in [-0.4, -0.2) is 34.9 Å². The van der Waals surface area contributed by atoms with Gasteiger partial charge in [0.2, 0.25) is 0 Å². The minimum absolute atomic E-state index is 0.171. The van der Waals surface area contributed by atoms with Crippen molar-refractivity contribution in [2.24, 2.45) is 0 Å². The van der Waals surface area contributed by atoms with Gasteiger partial charge in [-0.2, -0.15) is 0 Å². The summed E-state index contributed by atoms with van der Waals surface area (Å²) in [5, 5.41) is 20.9. The number of hydrogen-bond acceptors (Lipinski definition) is 4. The molecule has 0 aliphatic heterocycles. The zero-order valence-corrected chi connectivity index (χ0v) is 10.2. The third-order valence-electron chi connectivity index (χ3n) is 2.41. The van der Waals surface area contributed by atoms with E-state index in [9.17, 15) is 4.79 Å². The quantitative estimate of drug-likeness (QED) is 0.588. The normalized spacial score (nSPS) is 11.3. The second kappa shape index (κ2) is 5.35. The van der Waals surface area contributed by atoms with Crippen LogP contribution in [0.5, 0.6) is 0 Å². The van der Waals surface area contributed by atoms with E-state index in [0.29, 0.717) is 0 Å². The predicted octanol–water partition coefficient (Wildman–Crippen LogP) is 0.395. The van der Waals surface area contributed by atoms with Gasteiger partial charge < -0.3 is 21.3 Å². The van der Waals surface area contributed by atoms with Gasteiger partial charge in [0.25, 0.3) is 5.91 Å². The van der Waals surface area contributed by atoms with Gasteiger partial charge in [-0.3, -0.25) is 4.79 Å². The van der Waals surface area contributed by atoms with Gasteiger partial charge in [0, 0.05) is 0 Å². The number of amides is 1. The molecule has 0 atom stereocenters. The van der Waals surface area contributed by atoms with Gasteiger partial charge in [0.1, 0.15) is 0 Å². The number of rotatable bonds is 4. The summed E-state index contributed by atoms with van der Waals surface area (Å²) in [7, 11) is 0. The van der Waals surface area contributed by atoms with Crippen molar-refractivity contribution in [3.8, 4) is 0 Å². The molecule has 0 aliphatic rings. The Hall–Kier alpha value is -1.30. The van der Waals surface area contributed by atoms with Crippen LogP contribution in [0.3, 0.4) is 0 Å². The zero-order valence-electron chi connectivity index (χ0n) is 9.40. The molecular weight excluding hydrogens is 244 g/mol. The van der Waals surface area contributed by atoms with E-state index in [0.717, 1.165) is 0 Å². The number of carbonyl (C=O) groups is 1. The molecule has 0 unspecified atom stereocenters. The fraction of sp³-hybridized carbons (Fsp3) is 0.364. The predicted molar refractivity (Wildman–Crippen MR) is 65.9 cm³/mol. The van der Waals surface area contributed by atoms with Crippen LogP contribution in [0, 0.1) is 0 Å². The second-order valence-electron chi connectivity index (χ2n) is 4.03. The van der Waals surface area contributed by atoms with Crippen LogP contribution in [0.1, 0.15) is 17.3 Å². The number of para-hydroxylation sites is 1. The van der Waals surface area contributed by atoms with Crippen molar-refractivity contribution in [2.45, 2.75) is 12.5 Å². The standard InChI is InChI=1S/C11H15ClN2O3/c1-11(5-15,6-16)14-10(17)7-3-2-4-8(12)9(7)13/h2-4,15-16H,5-6,13H2,1H3,(H,14,17). The lowest BCUT2D eigenvalue weighted by molar-refractivity contribution is 0.0724. The van der Waals surface area contributed by atoms with Gasteiger partial charge in [0.15, 0.2) is 0 Å². The topological polar surface area (TPSA) is 95.6 Å². The van der Waals surface area contributed by atoms with Crippen molar-refractivity contribution >= 4 is 23.2 Å². The van der Waals surface area contributed by atoms with E-state index < -0.39 is 11.4 Å². The molecule has 6 heteroatoms. The second-order valence-corrected chi connectivity index (χ2v) is 4.44. The molecule has 1 aromatic rings. The highest BCUT2D eigenvalue weighted by Gasteiger charge is 2.26. The lowest BCUT2D eigenvalue weighted by Crippen LogP contribution is -2.51. The van der Waals surface area contributed by atoms with Gasteiger partial charge >= 0.3 is 0 Å². The molecule has 0 spiro atoms. The van der Waals surface area contributed by atoms with Crippen molar-refractivity contribution in [1.29, 1.82) is 0 Å². The molecule has 5 nitrogen and oxygen atoms in total. The number of carbonyl (C=O) groups excluding carboxylic acids is 1. The summed E-state index contributed by atoms with van der Waals surface area (Å²) in [4.78, 5) is 11.9. The van der Waals surface area contributed by atoms with Crippen LogP contribution in [0.25, 0.3) is 0 Å². The van der Waals surface area contributed by atoms with Crippen LogP contribution in [0.2, 0.25) is 5.02 Å². The molecule has 0 bridgehead atoms. The first-order chi connectivity index (χ1) is 7.93. The molecule has 0 heterocycles. The molecule has 1 aromatic carbocycles. The molecule has 0 aromatic heterocycles. The highest BCUT2D eigenvalue weighted by molar-refractivity contribution is 6.33. The highest BCUT2D eigenvalue weighted by Crippen LogP contribution is 2.22. The Balaban J connectivity index is 2.94. The average molecular weight is 259 g/mol. The number of aliphatic hydroxyl groups is 2. The van der Waals surface area contributed by atoms with Crippen LogP contribution in [0.4, 0.5) is 5.69 Å². The summed E-state index contributed by atoms with van der Waals surface area (Å²) < 4.78 is 0. The minimum atomic E-state index is -1.09. The SMILES string of the molecule is CC(CO)(CO)NC(=O)c1cccc(Cl)c1N. The van der Waals surface area contributed by atoms with Crippen LogP contribution in [0.15, 0.2) is 18.2 Å². The van der Waals surface area contributed by atoms with E-state index in [2.05, 4.69) is 5.32 Å². The maximum Gasteiger partial charge on any atom is 0.254 e. The van der Waals surface area contributed by atoms with E-state index >= 15 is 0 Å². The summed E-state index contributed by atoms with van der Waals surface area (Å²) in [5.74, 6) is -0.490. The number of nitrogen functional groups attached to an aromatic ring is 1. The van der Waals surface area contributed by atoms with E-state index in [1.165, 1.54) is 13.0 Å². The summed E-state index contributed by atoms with van der Waals surface area (Å²) in [6, 6.07) is 4.69. The van der Waals surface area contributed by atoms with E-state index in [4.69, 9.17) is 27.5 Å². The number of halogens is 1. The fourth-order valence-corrected chi connectivity index (χ4v) is 1.38. The van der Waals surface area contributed by atoms with Gasteiger partial charge in [-0.25, -0.2) is 0 Å². The van der Waals surface area contributed by atoms with E-state index in [1.54, 1.807) is 12.1 Å². The maximum atomic E-state index is 11.9. The molecule has 5 N–H and O–H groups in total. The Morgan fingerprint density at radius 2 is 2.06 bits per heavy atom. The van der Waals surface area contributed by atoms with Gasteiger partial charge in [0.05, 0.1) is 35.0 Å². The summed E-state index contributed by atoms with van der Waals surface area (Å²) in [6.45, 7) is 0.761. The Morgan fingerprint density at radius 1 is 1.47 bits per heavy atom. The molecule has 0 saturated heterocycles. The fourth-order valence-electron chi connectivity index (χ4n) is 1.21. The Bertz CT molecular complexity index is 419. The van der Waals surface area contributed by atoms with Gasteiger partial charge in [-0.1, -0.05) is 17.7 Å². The third-order valence-corrected chi connectivity index (χ3v) is 2.74. The number of hydrogen-bond donors (Lipinski definition) is 4. The van der Waals surface area contributed by atoms with Gasteiger partial charge in [-0.05, 0) is 19.1 Å². The molecule has 0 radical (unpaired) electrons. The Morgan fingerprint density at radius 3 is 2.59 bits per heavy atom. The lowest BCUT2D eigenvalue weighted by Gasteiger charge is -2.26. The molecule has 0 saturated carbocycles. The van der Waals surface area contributed by atoms with Crippen molar-refractivity contribution < 1.29 is 15.0 Å². The summed E-state index contributed by atoms with van der Waals surface area (Å²) >= 11 is 5.79. The number of anilines is 1. The first-order valence-electron chi connectivity index (χ1n) is 5.02. The molecule has 1 amide bonds. The number of benzene rings is 1. The first-order valence-corrected chi connectivity index (χ1v) is 5.39. The zero-order chi connectivity index (χ0) is 13.1. The largest absolute Gasteiger partial charge is 0.397 e. The average Bonchev–Trinajstić information content (AvgIpc) is 2.32. The van der Waals surface area contributed by atoms with Crippen molar-refractivity contribution in [3.63, 3.8) is 0 Å².